The molecule has 0 aliphatic carbocycles. The lowest BCUT2D eigenvalue weighted by atomic mass is 10.3. The minimum Gasteiger partial charge on any atom is -0.341 e. The Morgan fingerprint density at radius 3 is 3.00 bits per heavy atom. The predicted molar refractivity (Wildman–Crippen MR) is 62.2 cm³/mol. The zero-order chi connectivity index (χ0) is 9.97. The normalized spacial score (nSPS) is 10.6. The molecule has 0 fully saturated rings. The molecule has 14 heavy (non-hydrogen) atoms. The fourth-order valence-electron chi connectivity index (χ4n) is 1.27. The van der Waals surface area contributed by atoms with Crippen LogP contribution >= 0.6 is 11.8 Å². The number of hydrogen-bond acceptors (Lipinski definition) is 2. The maximum atomic E-state index is 4.47. The van der Waals surface area contributed by atoms with E-state index in [1.54, 1.807) is 11.8 Å². The zero-order valence-electron chi connectivity index (χ0n) is 8.08. The van der Waals surface area contributed by atoms with Gasteiger partial charge < -0.3 is 4.98 Å². The minimum absolute atomic E-state index is 0.865. The highest BCUT2D eigenvalue weighted by Gasteiger charge is 2.01. The van der Waals surface area contributed by atoms with Crippen molar-refractivity contribution in [2.24, 2.45) is 0 Å². The van der Waals surface area contributed by atoms with Crippen LogP contribution in [0.15, 0.2) is 35.7 Å². The largest absolute Gasteiger partial charge is 0.341 e. The van der Waals surface area contributed by atoms with Gasteiger partial charge in [0.25, 0.3) is 0 Å². The number of imidazole rings is 1. The topological polar surface area (TPSA) is 28.7 Å². The fraction of sp³-hybridized carbons (Fsp3) is 0.182. The van der Waals surface area contributed by atoms with E-state index in [4.69, 9.17) is 0 Å². The summed E-state index contributed by atoms with van der Waals surface area (Å²) in [7, 11) is 0. The Morgan fingerprint density at radius 2 is 2.29 bits per heavy atom. The van der Waals surface area contributed by atoms with Crippen LogP contribution in [0.1, 0.15) is 12.7 Å². The average Bonchev–Trinajstić information content (AvgIpc) is 2.57. The van der Waals surface area contributed by atoms with Gasteiger partial charge in [-0.1, -0.05) is 18.7 Å². The van der Waals surface area contributed by atoms with Crippen molar-refractivity contribution in [1.82, 2.24) is 9.97 Å². The summed E-state index contributed by atoms with van der Waals surface area (Å²) >= 11 is 1.71. The van der Waals surface area contributed by atoms with Crippen LogP contribution in [0.25, 0.3) is 11.0 Å². The van der Waals surface area contributed by atoms with E-state index in [0.29, 0.717) is 0 Å². The molecule has 2 nitrogen and oxygen atoms in total. The molecule has 0 saturated heterocycles. The third-order valence-corrected chi connectivity index (χ3v) is 2.80. The average molecular weight is 204 g/mol. The third-order valence-electron chi connectivity index (χ3n) is 1.89. The van der Waals surface area contributed by atoms with Crippen LogP contribution in [0.3, 0.4) is 0 Å². The van der Waals surface area contributed by atoms with Crippen molar-refractivity contribution in [2.45, 2.75) is 12.7 Å². The van der Waals surface area contributed by atoms with Crippen molar-refractivity contribution in [3.05, 3.63) is 41.6 Å². The Morgan fingerprint density at radius 1 is 1.50 bits per heavy atom. The van der Waals surface area contributed by atoms with Crippen LogP contribution in [0.5, 0.6) is 0 Å². The maximum Gasteiger partial charge on any atom is 0.117 e. The highest BCUT2D eigenvalue weighted by molar-refractivity contribution is 8.02. The lowest BCUT2D eigenvalue weighted by Crippen LogP contribution is -1.81. The summed E-state index contributed by atoms with van der Waals surface area (Å²) in [5.74, 6) is 1.88. The summed E-state index contributed by atoms with van der Waals surface area (Å²) in [4.78, 5) is 8.86. The van der Waals surface area contributed by atoms with Crippen molar-refractivity contribution < 1.29 is 0 Å². The van der Waals surface area contributed by atoms with Crippen molar-refractivity contribution >= 4 is 22.8 Å². The smallest absolute Gasteiger partial charge is 0.117 e. The molecule has 1 aromatic carbocycles. The lowest BCUT2D eigenvalue weighted by Gasteiger charge is -1.94. The Hall–Kier alpha value is -1.22. The second-order valence-electron chi connectivity index (χ2n) is 3.19. The number of fused-ring (bicyclic) bond motifs is 1. The molecular formula is C11H12N2S. The van der Waals surface area contributed by atoms with Crippen LogP contribution in [-0.4, -0.2) is 9.97 Å². The fourth-order valence-corrected chi connectivity index (χ4v) is 1.79. The Kier molecular flexibility index (Phi) is 2.59. The minimum atomic E-state index is 0.865. The molecule has 1 heterocycles. The number of H-pyrrole nitrogens is 1. The van der Waals surface area contributed by atoms with Gasteiger partial charge in [-0.15, -0.1) is 11.8 Å². The second-order valence-corrected chi connectivity index (χ2v) is 4.47. The summed E-state index contributed by atoms with van der Waals surface area (Å²) in [6, 6.07) is 8.06. The first-order valence-corrected chi connectivity index (χ1v) is 5.46. The number of nitrogens with zero attached hydrogens (tertiary/aromatic N) is 1. The molecule has 2 aromatic rings. The Balaban J connectivity index is 2.22. The van der Waals surface area contributed by atoms with Gasteiger partial charge in [0.05, 0.1) is 16.8 Å². The van der Waals surface area contributed by atoms with E-state index >= 15 is 0 Å². The van der Waals surface area contributed by atoms with Gasteiger partial charge in [-0.3, -0.25) is 0 Å². The van der Waals surface area contributed by atoms with Crippen LogP contribution in [0, 0.1) is 0 Å². The van der Waals surface area contributed by atoms with E-state index in [9.17, 15) is 0 Å². The molecule has 1 aromatic heterocycles. The van der Waals surface area contributed by atoms with E-state index in [1.807, 2.05) is 31.2 Å². The van der Waals surface area contributed by atoms with Crippen molar-refractivity contribution in [1.29, 1.82) is 0 Å². The molecule has 72 valence electrons. The molecule has 0 aliphatic heterocycles. The predicted octanol–water partition coefficient (Wildman–Crippen LogP) is 3.33. The third kappa shape index (κ3) is 1.99. The van der Waals surface area contributed by atoms with Crippen LogP contribution in [-0.2, 0) is 5.75 Å². The van der Waals surface area contributed by atoms with Gasteiger partial charge in [0, 0.05) is 0 Å². The summed E-state index contributed by atoms with van der Waals surface area (Å²) in [6.45, 7) is 5.85. The highest BCUT2D eigenvalue weighted by Crippen LogP contribution is 2.19. The quantitative estimate of drug-likeness (QED) is 0.830. The molecule has 0 atom stereocenters. The standard InChI is InChI=1S/C11H12N2S/c1-8(2)14-7-11-12-9-5-3-4-6-10(9)13-11/h3-6H,1,7H2,2H3,(H,12,13). The van der Waals surface area contributed by atoms with Crippen LogP contribution in [0.4, 0.5) is 0 Å². The number of thioether (sulfide) groups is 1. The van der Waals surface area contributed by atoms with E-state index < -0.39 is 0 Å². The second kappa shape index (κ2) is 3.88. The van der Waals surface area contributed by atoms with E-state index in [0.717, 1.165) is 27.5 Å². The van der Waals surface area contributed by atoms with Gasteiger partial charge in [-0.2, -0.15) is 0 Å². The van der Waals surface area contributed by atoms with Crippen LogP contribution < -0.4 is 0 Å². The summed E-state index contributed by atoms with van der Waals surface area (Å²) < 4.78 is 0. The molecule has 0 aliphatic rings. The summed E-state index contributed by atoms with van der Waals surface area (Å²) in [5.41, 5.74) is 2.13. The van der Waals surface area contributed by atoms with Gasteiger partial charge in [0.15, 0.2) is 0 Å². The Bertz CT molecular complexity index is 426. The number of nitrogens with one attached hydrogen (secondary N) is 1. The molecule has 0 amide bonds. The number of para-hydroxylation sites is 2. The number of aromatic amines is 1. The van der Waals surface area contributed by atoms with E-state index in [2.05, 4.69) is 16.5 Å². The number of hydrogen-bond donors (Lipinski definition) is 1. The van der Waals surface area contributed by atoms with E-state index in [-0.39, 0.29) is 0 Å². The molecule has 0 bridgehead atoms. The monoisotopic (exact) mass is 204 g/mol. The van der Waals surface area contributed by atoms with E-state index in [1.165, 1.54) is 0 Å². The molecule has 2 rings (SSSR count). The van der Waals surface area contributed by atoms with Gasteiger partial charge in [-0.05, 0) is 24.0 Å². The molecule has 3 heteroatoms. The highest BCUT2D eigenvalue weighted by atomic mass is 32.2. The zero-order valence-corrected chi connectivity index (χ0v) is 8.90. The first kappa shape index (κ1) is 9.34. The van der Waals surface area contributed by atoms with Crippen molar-refractivity contribution in [2.75, 3.05) is 0 Å². The van der Waals surface area contributed by atoms with Gasteiger partial charge in [0.2, 0.25) is 0 Å². The van der Waals surface area contributed by atoms with Crippen molar-refractivity contribution in [3.8, 4) is 0 Å². The number of benzene rings is 1. The summed E-state index contributed by atoms with van der Waals surface area (Å²) in [6.07, 6.45) is 0. The SMILES string of the molecule is C=C(C)SCc1nc2ccccc2[nH]1. The van der Waals surface area contributed by atoms with Gasteiger partial charge in [0.1, 0.15) is 5.82 Å². The number of allylic oxidation sites excluding steroid dienone is 1. The summed E-state index contributed by atoms with van der Waals surface area (Å²) in [5, 5.41) is 0. The number of aromatic nitrogens is 2. The Labute approximate surface area is 87.4 Å². The van der Waals surface area contributed by atoms with Gasteiger partial charge in [-0.25, -0.2) is 4.98 Å². The van der Waals surface area contributed by atoms with Crippen molar-refractivity contribution in [3.63, 3.8) is 0 Å². The lowest BCUT2D eigenvalue weighted by molar-refractivity contribution is 1.14. The molecular weight excluding hydrogens is 192 g/mol. The first-order valence-electron chi connectivity index (χ1n) is 4.47. The molecule has 0 spiro atoms. The first-order chi connectivity index (χ1) is 6.75. The maximum absolute atomic E-state index is 4.47. The molecule has 0 radical (unpaired) electrons. The van der Waals surface area contributed by atoms with Crippen LogP contribution in [0.2, 0.25) is 0 Å². The molecule has 0 unspecified atom stereocenters. The molecule has 0 saturated carbocycles. The number of rotatable bonds is 3. The molecule has 1 N–H and O–H groups in total. The van der Waals surface area contributed by atoms with Gasteiger partial charge >= 0.3 is 0 Å².